The summed E-state index contributed by atoms with van der Waals surface area (Å²) >= 11 is 4.86. The first kappa shape index (κ1) is 9.15. The molecule has 0 aliphatic carbocycles. The lowest BCUT2D eigenvalue weighted by molar-refractivity contribution is 0.292. The molecule has 1 aromatic rings. The van der Waals surface area contributed by atoms with E-state index >= 15 is 0 Å². The van der Waals surface area contributed by atoms with Crippen LogP contribution in [0.2, 0.25) is 0 Å². The number of rotatable bonds is 4. The molecule has 0 saturated carbocycles. The molecule has 1 rings (SSSR count). The Hall–Kier alpha value is -0.940. The lowest BCUT2D eigenvalue weighted by Crippen LogP contribution is -2.04. The summed E-state index contributed by atoms with van der Waals surface area (Å²) in [4.78, 5) is 6.74. The minimum Gasteiger partial charge on any atom is -0.396 e. The van der Waals surface area contributed by atoms with Gasteiger partial charge in [-0.3, -0.25) is 0 Å². The Morgan fingerprint density at radius 1 is 1.67 bits per heavy atom. The van der Waals surface area contributed by atoms with Crippen molar-refractivity contribution in [1.82, 2.24) is 9.97 Å². The minimum atomic E-state index is 0.193. The summed E-state index contributed by atoms with van der Waals surface area (Å²) in [6.45, 7) is 0.921. The number of nitrogens with one attached hydrogen (secondary N) is 2. The fourth-order valence-corrected chi connectivity index (χ4v) is 0.943. The molecule has 5 heteroatoms. The van der Waals surface area contributed by atoms with Crippen molar-refractivity contribution in [2.24, 2.45) is 0 Å². The van der Waals surface area contributed by atoms with Crippen LogP contribution in [0.5, 0.6) is 0 Å². The number of aromatic nitrogens is 2. The zero-order valence-corrected chi connectivity index (χ0v) is 7.40. The van der Waals surface area contributed by atoms with Gasteiger partial charge in [0.1, 0.15) is 10.5 Å². The number of aliphatic hydroxyl groups is 1. The first-order valence-electron chi connectivity index (χ1n) is 3.72. The van der Waals surface area contributed by atoms with Gasteiger partial charge in [0.05, 0.1) is 6.33 Å². The first-order chi connectivity index (χ1) is 5.83. The van der Waals surface area contributed by atoms with Crippen molar-refractivity contribution in [1.29, 1.82) is 0 Å². The molecule has 0 atom stereocenters. The molecular formula is C7H11N3OS. The van der Waals surface area contributed by atoms with Gasteiger partial charge in [-0.05, 0) is 6.42 Å². The molecule has 4 nitrogen and oxygen atoms in total. The molecule has 0 aliphatic rings. The highest BCUT2D eigenvalue weighted by molar-refractivity contribution is 7.71. The fraction of sp³-hybridized carbons (Fsp3) is 0.429. The summed E-state index contributed by atoms with van der Waals surface area (Å²) in [7, 11) is 0. The molecule has 0 amide bonds. The van der Waals surface area contributed by atoms with Crippen molar-refractivity contribution >= 4 is 18.0 Å². The van der Waals surface area contributed by atoms with Gasteiger partial charge in [-0.1, -0.05) is 12.2 Å². The van der Waals surface area contributed by atoms with Crippen molar-refractivity contribution < 1.29 is 5.11 Å². The molecule has 0 radical (unpaired) electrons. The third kappa shape index (κ3) is 2.98. The summed E-state index contributed by atoms with van der Waals surface area (Å²) in [6, 6.07) is 1.74. The number of aromatic amines is 1. The zero-order chi connectivity index (χ0) is 8.81. The maximum Gasteiger partial charge on any atom is 0.131 e. The molecule has 1 aromatic heterocycles. The van der Waals surface area contributed by atoms with Crippen molar-refractivity contribution in [3.8, 4) is 0 Å². The predicted octanol–water partition coefficient (Wildman–Crippen LogP) is 0.933. The Morgan fingerprint density at radius 3 is 3.17 bits per heavy atom. The van der Waals surface area contributed by atoms with E-state index in [0.29, 0.717) is 4.64 Å². The second kappa shape index (κ2) is 4.84. The minimum absolute atomic E-state index is 0.193. The molecule has 0 unspecified atom stereocenters. The van der Waals surface area contributed by atoms with Crippen molar-refractivity contribution in [2.45, 2.75) is 6.42 Å². The Labute approximate surface area is 75.7 Å². The van der Waals surface area contributed by atoms with Gasteiger partial charge in [-0.25, -0.2) is 4.98 Å². The highest BCUT2D eigenvalue weighted by atomic mass is 32.1. The topological polar surface area (TPSA) is 60.9 Å². The van der Waals surface area contributed by atoms with E-state index in [1.165, 1.54) is 0 Å². The van der Waals surface area contributed by atoms with E-state index in [0.717, 1.165) is 18.8 Å². The standard InChI is InChI=1S/C7H11N3OS/c11-3-1-2-8-6-4-7(12)10-5-9-6/h4-5,11H,1-3H2,(H2,8,9,10,12). The maximum absolute atomic E-state index is 8.52. The van der Waals surface area contributed by atoms with Gasteiger partial charge < -0.3 is 15.4 Å². The molecule has 66 valence electrons. The van der Waals surface area contributed by atoms with Gasteiger partial charge in [-0.2, -0.15) is 0 Å². The third-order valence-corrected chi connectivity index (χ3v) is 1.55. The molecular weight excluding hydrogens is 174 g/mol. The quantitative estimate of drug-likeness (QED) is 0.482. The van der Waals surface area contributed by atoms with Crippen LogP contribution in [-0.4, -0.2) is 28.2 Å². The predicted molar refractivity (Wildman–Crippen MR) is 49.6 cm³/mol. The second-order valence-corrected chi connectivity index (χ2v) is 2.72. The molecule has 0 spiro atoms. The number of aliphatic hydroxyl groups excluding tert-OH is 1. The van der Waals surface area contributed by atoms with Crippen LogP contribution in [0, 0.1) is 4.64 Å². The van der Waals surface area contributed by atoms with Crippen LogP contribution in [0.25, 0.3) is 0 Å². The van der Waals surface area contributed by atoms with Crippen LogP contribution in [0.3, 0.4) is 0 Å². The largest absolute Gasteiger partial charge is 0.396 e. The Morgan fingerprint density at radius 2 is 2.50 bits per heavy atom. The normalized spacial score (nSPS) is 9.75. The maximum atomic E-state index is 8.52. The van der Waals surface area contributed by atoms with Gasteiger partial charge in [0.25, 0.3) is 0 Å². The SMILES string of the molecule is OCCCNc1cc(=S)nc[nH]1. The molecule has 0 bridgehead atoms. The summed E-state index contributed by atoms with van der Waals surface area (Å²) < 4.78 is 0.556. The van der Waals surface area contributed by atoms with Crippen LogP contribution < -0.4 is 5.32 Å². The van der Waals surface area contributed by atoms with Gasteiger partial charge in [0, 0.05) is 19.2 Å². The third-order valence-electron chi connectivity index (χ3n) is 1.33. The zero-order valence-electron chi connectivity index (χ0n) is 6.58. The number of anilines is 1. The molecule has 0 aliphatic heterocycles. The summed E-state index contributed by atoms with van der Waals surface area (Å²) in [5.74, 6) is 0.837. The van der Waals surface area contributed by atoms with E-state index < -0.39 is 0 Å². The molecule has 3 N–H and O–H groups in total. The number of H-pyrrole nitrogens is 1. The smallest absolute Gasteiger partial charge is 0.131 e. The molecule has 12 heavy (non-hydrogen) atoms. The van der Waals surface area contributed by atoms with Crippen LogP contribution in [0.15, 0.2) is 12.4 Å². The van der Waals surface area contributed by atoms with E-state index in [1.54, 1.807) is 12.4 Å². The highest BCUT2D eigenvalue weighted by Crippen LogP contribution is 1.99. The number of nitrogens with zero attached hydrogens (tertiary/aromatic N) is 1. The van der Waals surface area contributed by atoms with E-state index in [1.807, 2.05) is 0 Å². The van der Waals surface area contributed by atoms with Gasteiger partial charge in [-0.15, -0.1) is 0 Å². The fourth-order valence-electron chi connectivity index (χ4n) is 0.772. The van der Waals surface area contributed by atoms with Crippen LogP contribution in [0.1, 0.15) is 6.42 Å². The van der Waals surface area contributed by atoms with Crippen LogP contribution in [0.4, 0.5) is 5.82 Å². The Bertz CT molecular complexity index is 286. The number of hydrogen-bond acceptors (Lipinski definition) is 4. The first-order valence-corrected chi connectivity index (χ1v) is 4.13. The van der Waals surface area contributed by atoms with E-state index in [-0.39, 0.29) is 6.61 Å². The highest BCUT2D eigenvalue weighted by Gasteiger charge is 1.89. The van der Waals surface area contributed by atoms with Crippen LogP contribution in [-0.2, 0) is 0 Å². The van der Waals surface area contributed by atoms with E-state index in [2.05, 4.69) is 15.3 Å². The number of hydrogen-bond donors (Lipinski definition) is 3. The molecule has 1 heterocycles. The average molecular weight is 185 g/mol. The van der Waals surface area contributed by atoms with Gasteiger partial charge in [0.2, 0.25) is 0 Å². The van der Waals surface area contributed by atoms with Gasteiger partial charge in [0.15, 0.2) is 0 Å². The summed E-state index contributed by atoms with van der Waals surface area (Å²) in [6.07, 6.45) is 2.27. The summed E-state index contributed by atoms with van der Waals surface area (Å²) in [5, 5.41) is 11.6. The lowest BCUT2D eigenvalue weighted by Gasteiger charge is -2.03. The van der Waals surface area contributed by atoms with Crippen molar-refractivity contribution in [3.63, 3.8) is 0 Å². The Balaban J connectivity index is 2.47. The van der Waals surface area contributed by atoms with E-state index in [9.17, 15) is 0 Å². The molecule has 0 saturated heterocycles. The monoisotopic (exact) mass is 185 g/mol. The summed E-state index contributed by atoms with van der Waals surface area (Å²) in [5.41, 5.74) is 0. The Kier molecular flexibility index (Phi) is 3.69. The average Bonchev–Trinajstić information content (AvgIpc) is 2.05. The van der Waals surface area contributed by atoms with Crippen LogP contribution >= 0.6 is 12.2 Å². The lowest BCUT2D eigenvalue weighted by atomic mass is 10.4. The van der Waals surface area contributed by atoms with Gasteiger partial charge >= 0.3 is 0 Å². The molecule has 0 aromatic carbocycles. The second-order valence-electron chi connectivity index (χ2n) is 2.30. The molecule has 0 fully saturated rings. The van der Waals surface area contributed by atoms with Crippen molar-refractivity contribution in [2.75, 3.05) is 18.5 Å². The van der Waals surface area contributed by atoms with Crippen molar-refractivity contribution in [3.05, 3.63) is 17.0 Å². The van der Waals surface area contributed by atoms with E-state index in [4.69, 9.17) is 17.3 Å².